The minimum absolute atomic E-state index is 0.0861. The lowest BCUT2D eigenvalue weighted by molar-refractivity contribution is -0.385. The summed E-state index contributed by atoms with van der Waals surface area (Å²) in [7, 11) is 0. The predicted molar refractivity (Wildman–Crippen MR) is 103 cm³/mol. The van der Waals surface area contributed by atoms with Crippen LogP contribution >= 0.6 is 11.3 Å². The normalized spacial score (nSPS) is 12.8. The van der Waals surface area contributed by atoms with Gasteiger partial charge < -0.3 is 0 Å². The highest BCUT2D eigenvalue weighted by molar-refractivity contribution is 7.11. The van der Waals surface area contributed by atoms with Gasteiger partial charge >= 0.3 is 0 Å². The molecular formula is C20H19NO2S. The van der Waals surface area contributed by atoms with Gasteiger partial charge in [-0.25, -0.2) is 0 Å². The molecular weight excluding hydrogens is 318 g/mol. The molecule has 3 nitrogen and oxygen atoms in total. The van der Waals surface area contributed by atoms with Crippen molar-refractivity contribution in [3.63, 3.8) is 0 Å². The molecule has 4 heteroatoms. The van der Waals surface area contributed by atoms with E-state index in [0.717, 1.165) is 25.8 Å². The first-order chi connectivity index (χ1) is 11.5. The van der Waals surface area contributed by atoms with Crippen LogP contribution in [0.3, 0.4) is 0 Å². The summed E-state index contributed by atoms with van der Waals surface area (Å²) in [5.74, 6) is 0. The summed E-state index contributed by atoms with van der Waals surface area (Å²) >= 11 is 1.58. The first-order valence-corrected chi connectivity index (χ1v) is 8.31. The van der Waals surface area contributed by atoms with Gasteiger partial charge in [0.2, 0.25) is 0 Å². The van der Waals surface area contributed by atoms with Crippen LogP contribution in [0.1, 0.15) is 22.9 Å². The Morgan fingerprint density at radius 2 is 2.04 bits per heavy atom. The maximum Gasteiger partial charge on any atom is 0.277 e. The van der Waals surface area contributed by atoms with Crippen molar-refractivity contribution in [3.05, 3.63) is 91.0 Å². The Morgan fingerprint density at radius 3 is 2.67 bits per heavy atom. The molecule has 0 fully saturated rings. The molecule has 1 aromatic heterocycles. The summed E-state index contributed by atoms with van der Waals surface area (Å²) in [6.45, 7) is 11.9. The summed E-state index contributed by atoms with van der Waals surface area (Å²) in [6.07, 6.45) is 9.40. The second-order valence-electron chi connectivity index (χ2n) is 5.18. The lowest BCUT2D eigenvalue weighted by atomic mass is 9.99. The molecule has 0 saturated heterocycles. The first kappa shape index (κ1) is 17.6. The number of allylic oxidation sites excluding steroid dienone is 4. The van der Waals surface area contributed by atoms with Crippen molar-refractivity contribution in [2.45, 2.75) is 13.8 Å². The van der Waals surface area contributed by atoms with E-state index in [4.69, 9.17) is 0 Å². The topological polar surface area (TPSA) is 43.1 Å². The van der Waals surface area contributed by atoms with Crippen molar-refractivity contribution >= 4 is 35.3 Å². The van der Waals surface area contributed by atoms with Crippen LogP contribution in [-0.2, 0) is 0 Å². The molecule has 1 heterocycles. The SMILES string of the molecule is C=C/C=C(/c1ccccc1[N+](=O)[O-])c1s/c(=C/C=C\C)c(=C)c1C. The maximum atomic E-state index is 11.4. The number of nitro benzene ring substituents is 1. The second kappa shape index (κ2) is 7.70. The summed E-state index contributed by atoms with van der Waals surface area (Å²) in [5.41, 5.74) is 2.50. The summed E-state index contributed by atoms with van der Waals surface area (Å²) in [6, 6.07) is 6.77. The van der Waals surface area contributed by atoms with Crippen LogP contribution < -0.4 is 9.75 Å². The van der Waals surface area contributed by atoms with E-state index >= 15 is 0 Å². The number of para-hydroxylation sites is 1. The number of benzene rings is 1. The number of rotatable bonds is 5. The van der Waals surface area contributed by atoms with E-state index in [9.17, 15) is 10.1 Å². The van der Waals surface area contributed by atoms with Crippen LogP contribution in [0, 0.1) is 17.0 Å². The fraction of sp³-hybridized carbons (Fsp3) is 0.100. The highest BCUT2D eigenvalue weighted by Gasteiger charge is 2.19. The van der Waals surface area contributed by atoms with Crippen LogP contribution in [0.15, 0.2) is 55.1 Å². The van der Waals surface area contributed by atoms with Crippen LogP contribution in [0.2, 0.25) is 0 Å². The Bertz CT molecular complexity index is 949. The molecule has 2 aromatic rings. The lowest BCUT2D eigenvalue weighted by Crippen LogP contribution is -2.17. The smallest absolute Gasteiger partial charge is 0.258 e. The van der Waals surface area contributed by atoms with E-state index in [2.05, 4.69) is 13.2 Å². The number of thiophene rings is 1. The molecule has 122 valence electrons. The van der Waals surface area contributed by atoms with Crippen molar-refractivity contribution in [1.29, 1.82) is 0 Å². The molecule has 0 unspecified atom stereocenters. The molecule has 0 spiro atoms. The zero-order valence-corrected chi connectivity index (χ0v) is 14.6. The van der Waals surface area contributed by atoms with Crippen LogP contribution in [0.4, 0.5) is 5.69 Å². The third kappa shape index (κ3) is 3.44. The fourth-order valence-electron chi connectivity index (χ4n) is 2.41. The number of hydrogen-bond donors (Lipinski definition) is 0. The summed E-state index contributed by atoms with van der Waals surface area (Å²) in [5, 5.41) is 12.3. The molecule has 0 aliphatic rings. The Balaban J connectivity index is 2.77. The van der Waals surface area contributed by atoms with Crippen molar-refractivity contribution < 1.29 is 4.92 Å². The molecule has 0 amide bonds. The minimum Gasteiger partial charge on any atom is -0.258 e. The number of nitro groups is 1. The molecule has 0 bridgehead atoms. The van der Waals surface area contributed by atoms with Gasteiger partial charge in [-0.3, -0.25) is 10.1 Å². The van der Waals surface area contributed by atoms with Gasteiger partial charge in [0.1, 0.15) is 0 Å². The van der Waals surface area contributed by atoms with Gasteiger partial charge in [-0.05, 0) is 36.8 Å². The third-order valence-corrected chi connectivity index (χ3v) is 5.00. The molecule has 0 N–H and O–H groups in total. The highest BCUT2D eigenvalue weighted by Crippen LogP contribution is 2.33. The highest BCUT2D eigenvalue weighted by atomic mass is 32.1. The van der Waals surface area contributed by atoms with Gasteiger partial charge in [0.05, 0.1) is 10.5 Å². The predicted octanol–water partition coefficient (Wildman–Crippen LogP) is 4.35. The second-order valence-corrected chi connectivity index (χ2v) is 6.23. The minimum atomic E-state index is -0.354. The van der Waals surface area contributed by atoms with Gasteiger partial charge in [0.25, 0.3) is 5.69 Å². The first-order valence-electron chi connectivity index (χ1n) is 7.49. The average molecular weight is 337 g/mol. The van der Waals surface area contributed by atoms with Crippen molar-refractivity contribution in [3.8, 4) is 0 Å². The standard InChI is InChI=1S/C20H19NO2S/c1-5-7-13-19-14(3)15(4)20(24-19)17(10-6-2)16-11-8-9-12-18(16)21(22)23/h5-13H,2-3H2,1,4H3/b7-5-,17-10-,19-13+. The molecule has 0 saturated carbocycles. The zero-order valence-electron chi connectivity index (χ0n) is 13.8. The quantitative estimate of drug-likeness (QED) is 0.462. The third-order valence-electron chi connectivity index (χ3n) is 3.66. The molecule has 2 rings (SSSR count). The Morgan fingerprint density at radius 1 is 1.33 bits per heavy atom. The number of hydrogen-bond acceptors (Lipinski definition) is 3. The summed E-state index contributed by atoms with van der Waals surface area (Å²) < 4.78 is 1.05. The van der Waals surface area contributed by atoms with Crippen molar-refractivity contribution in [2.24, 2.45) is 0 Å². The largest absolute Gasteiger partial charge is 0.277 e. The van der Waals surface area contributed by atoms with Gasteiger partial charge in [-0.15, -0.1) is 11.3 Å². The fourth-order valence-corrected chi connectivity index (χ4v) is 3.62. The van der Waals surface area contributed by atoms with Gasteiger partial charge in [0.15, 0.2) is 0 Å². The van der Waals surface area contributed by atoms with Gasteiger partial charge in [0, 0.05) is 21.0 Å². The van der Waals surface area contributed by atoms with Crippen molar-refractivity contribution in [2.75, 3.05) is 0 Å². The van der Waals surface area contributed by atoms with Crippen LogP contribution in [0.5, 0.6) is 0 Å². The average Bonchev–Trinajstić information content (AvgIpc) is 2.86. The molecule has 0 atom stereocenters. The van der Waals surface area contributed by atoms with E-state index in [1.165, 1.54) is 6.07 Å². The molecule has 0 radical (unpaired) electrons. The number of nitrogens with zero attached hydrogens (tertiary/aromatic N) is 1. The van der Waals surface area contributed by atoms with E-state index in [-0.39, 0.29) is 10.6 Å². The lowest BCUT2D eigenvalue weighted by Gasteiger charge is -2.07. The Kier molecular flexibility index (Phi) is 5.66. The van der Waals surface area contributed by atoms with Crippen LogP contribution in [0.25, 0.3) is 18.2 Å². The van der Waals surface area contributed by atoms with Crippen molar-refractivity contribution in [1.82, 2.24) is 0 Å². The molecule has 1 aromatic carbocycles. The Hall–Kier alpha value is -2.72. The molecule has 0 aliphatic carbocycles. The Labute approximate surface area is 145 Å². The van der Waals surface area contributed by atoms with E-state index in [1.54, 1.807) is 35.6 Å². The monoisotopic (exact) mass is 337 g/mol. The molecule has 24 heavy (non-hydrogen) atoms. The zero-order chi connectivity index (χ0) is 17.7. The van der Waals surface area contributed by atoms with E-state index < -0.39 is 0 Å². The van der Waals surface area contributed by atoms with Gasteiger partial charge in [-0.1, -0.05) is 49.6 Å². The summed E-state index contributed by atoms with van der Waals surface area (Å²) in [4.78, 5) is 12.0. The van der Waals surface area contributed by atoms with Gasteiger partial charge in [-0.2, -0.15) is 0 Å². The van der Waals surface area contributed by atoms with E-state index in [1.807, 2.05) is 38.2 Å². The van der Waals surface area contributed by atoms with E-state index in [0.29, 0.717) is 5.56 Å². The maximum absolute atomic E-state index is 11.4. The van der Waals surface area contributed by atoms with Crippen LogP contribution in [-0.4, -0.2) is 4.92 Å². The molecule has 0 aliphatic heterocycles.